The molecule has 6 nitrogen and oxygen atoms in total. The first kappa shape index (κ1) is 22.5. The molecule has 2 fully saturated rings. The van der Waals surface area contributed by atoms with Gasteiger partial charge in [0.25, 0.3) is 0 Å². The van der Waals surface area contributed by atoms with Crippen LogP contribution in [0.1, 0.15) is 72.1 Å². The van der Waals surface area contributed by atoms with Gasteiger partial charge >= 0.3 is 7.12 Å². The van der Waals surface area contributed by atoms with Crippen LogP contribution in [0.25, 0.3) is 0 Å². The van der Waals surface area contributed by atoms with Crippen LogP contribution >= 0.6 is 0 Å². The van der Waals surface area contributed by atoms with Crippen molar-refractivity contribution in [2.45, 2.75) is 77.6 Å². The number of rotatable bonds is 8. The number of anilines is 1. The van der Waals surface area contributed by atoms with E-state index in [2.05, 4.69) is 38.7 Å². The summed E-state index contributed by atoms with van der Waals surface area (Å²) < 4.78 is 24.6. The second-order valence-electron chi connectivity index (χ2n) is 8.12. The van der Waals surface area contributed by atoms with E-state index in [1.165, 1.54) is 0 Å². The molecule has 0 saturated carbocycles. The molecule has 3 heterocycles. The van der Waals surface area contributed by atoms with Crippen LogP contribution in [0.4, 0.5) is 5.69 Å². The lowest BCUT2D eigenvalue weighted by molar-refractivity contribution is -0.0601. The van der Waals surface area contributed by atoms with Gasteiger partial charge in [0.15, 0.2) is 0 Å². The highest BCUT2D eigenvalue weighted by atomic mass is 16.7. The van der Waals surface area contributed by atoms with Crippen molar-refractivity contribution in [3.8, 4) is 0 Å². The molecule has 0 N–H and O–H groups in total. The van der Waals surface area contributed by atoms with Gasteiger partial charge in [0.1, 0.15) is 0 Å². The average Bonchev–Trinajstić information content (AvgIpc) is 3.14. The van der Waals surface area contributed by atoms with Gasteiger partial charge in [-0.15, -0.1) is 0 Å². The minimum Gasteiger partial charge on any atom is -0.399 e. The molecule has 0 spiro atoms. The van der Waals surface area contributed by atoms with Crippen molar-refractivity contribution >= 4 is 18.3 Å². The molecular weight excluding hydrogens is 367 g/mol. The molecular formula is C22H37BN2O4. The first-order valence-electron chi connectivity index (χ1n) is 11.2. The highest BCUT2D eigenvalue weighted by Gasteiger charge is 2.59. The Balaban J connectivity index is 2.03. The Morgan fingerprint density at radius 1 is 1.07 bits per heavy atom. The molecule has 29 heavy (non-hydrogen) atoms. The number of ether oxygens (including phenoxy) is 2. The van der Waals surface area contributed by atoms with E-state index < -0.39 is 7.12 Å². The molecule has 1 aromatic rings. The van der Waals surface area contributed by atoms with Crippen molar-refractivity contribution in [3.63, 3.8) is 0 Å². The summed E-state index contributed by atoms with van der Waals surface area (Å²) in [5.74, 6) is 0. The summed E-state index contributed by atoms with van der Waals surface area (Å²) in [4.78, 5) is 7.12. The molecule has 0 amide bonds. The summed E-state index contributed by atoms with van der Waals surface area (Å²) >= 11 is 0. The first-order valence-corrected chi connectivity index (χ1v) is 11.2. The van der Waals surface area contributed by atoms with Gasteiger partial charge in [-0.2, -0.15) is 0 Å². The van der Waals surface area contributed by atoms with E-state index in [0.29, 0.717) is 0 Å². The van der Waals surface area contributed by atoms with Gasteiger partial charge in [-0.05, 0) is 38.7 Å². The van der Waals surface area contributed by atoms with E-state index >= 15 is 0 Å². The molecule has 1 atom stereocenters. The van der Waals surface area contributed by atoms with Crippen LogP contribution < -0.4 is 10.4 Å². The summed E-state index contributed by atoms with van der Waals surface area (Å²) in [6.07, 6.45) is 5.50. The third-order valence-electron chi connectivity index (χ3n) is 7.08. The largest absolute Gasteiger partial charge is 0.496 e. The average molecular weight is 404 g/mol. The maximum atomic E-state index is 6.75. The van der Waals surface area contributed by atoms with Gasteiger partial charge in [0.2, 0.25) is 0 Å². The highest BCUT2D eigenvalue weighted by Crippen LogP contribution is 2.47. The number of methoxy groups -OCH3 is 1. The lowest BCUT2D eigenvalue weighted by Crippen LogP contribution is -2.50. The molecule has 0 radical (unpaired) electrons. The van der Waals surface area contributed by atoms with Crippen molar-refractivity contribution < 1.29 is 18.8 Å². The van der Waals surface area contributed by atoms with Crippen molar-refractivity contribution in [2.24, 2.45) is 0 Å². The minimum atomic E-state index is -0.434. The van der Waals surface area contributed by atoms with Gasteiger partial charge < -0.3 is 23.7 Å². The lowest BCUT2D eigenvalue weighted by Gasteiger charge is -2.42. The highest BCUT2D eigenvalue weighted by molar-refractivity contribution is 6.62. The van der Waals surface area contributed by atoms with Crippen LogP contribution in [0, 0.1) is 0 Å². The normalized spacial score (nSPS) is 22.1. The van der Waals surface area contributed by atoms with Crippen LogP contribution in [0.3, 0.4) is 0 Å². The Kier molecular flexibility index (Phi) is 7.25. The predicted octanol–water partition coefficient (Wildman–Crippen LogP) is 3.49. The van der Waals surface area contributed by atoms with Crippen LogP contribution in [0.2, 0.25) is 0 Å². The molecule has 1 aromatic heterocycles. The fourth-order valence-electron chi connectivity index (χ4n) is 5.01. The van der Waals surface area contributed by atoms with Crippen LogP contribution in [0.15, 0.2) is 12.3 Å². The van der Waals surface area contributed by atoms with Crippen molar-refractivity contribution in [1.29, 1.82) is 0 Å². The fourth-order valence-corrected chi connectivity index (χ4v) is 5.01. The second-order valence-corrected chi connectivity index (χ2v) is 8.12. The molecule has 3 rings (SSSR count). The Hall–Kier alpha value is -1.15. The zero-order chi connectivity index (χ0) is 21.1. The second kappa shape index (κ2) is 9.33. The summed E-state index contributed by atoms with van der Waals surface area (Å²) in [6, 6.07) is 2.19. The van der Waals surface area contributed by atoms with Gasteiger partial charge in [0.05, 0.1) is 48.1 Å². The Morgan fingerprint density at radius 2 is 1.62 bits per heavy atom. The quantitative estimate of drug-likeness (QED) is 0.619. The molecule has 0 unspecified atom stereocenters. The monoisotopic (exact) mass is 404 g/mol. The molecule has 0 aliphatic carbocycles. The van der Waals surface area contributed by atoms with Crippen molar-refractivity contribution in [2.75, 3.05) is 38.3 Å². The summed E-state index contributed by atoms with van der Waals surface area (Å²) in [5, 5.41) is 0. The zero-order valence-corrected chi connectivity index (χ0v) is 19.0. The number of morpholine rings is 1. The Morgan fingerprint density at radius 3 is 2.10 bits per heavy atom. The number of aromatic nitrogens is 1. The predicted molar refractivity (Wildman–Crippen MR) is 117 cm³/mol. The van der Waals surface area contributed by atoms with Crippen molar-refractivity contribution in [1.82, 2.24) is 4.98 Å². The topological polar surface area (TPSA) is 53.1 Å². The third-order valence-corrected chi connectivity index (χ3v) is 7.08. The fraction of sp³-hybridized carbons (Fsp3) is 0.773. The van der Waals surface area contributed by atoms with E-state index in [-0.39, 0.29) is 17.3 Å². The van der Waals surface area contributed by atoms with Gasteiger partial charge in [-0.25, -0.2) is 0 Å². The molecule has 7 heteroatoms. The summed E-state index contributed by atoms with van der Waals surface area (Å²) in [6.45, 7) is 14.1. The summed E-state index contributed by atoms with van der Waals surface area (Å²) in [7, 11) is 1.28. The number of pyridine rings is 1. The lowest BCUT2D eigenvalue weighted by atomic mass is 9.75. The Bertz CT molecular complexity index is 653. The van der Waals surface area contributed by atoms with Crippen LogP contribution in [0.5, 0.6) is 0 Å². The molecule has 2 aliphatic rings. The molecule has 2 saturated heterocycles. The SMILES string of the molecule is CCC1(CC)OB(c2cc(N3CCOCC3)cnc2[C@H](C)OC)OC1(CC)CC. The van der Waals surface area contributed by atoms with Crippen molar-refractivity contribution in [3.05, 3.63) is 18.0 Å². The third kappa shape index (κ3) is 3.94. The van der Waals surface area contributed by atoms with E-state index in [9.17, 15) is 0 Å². The molecule has 0 aromatic carbocycles. The molecule has 2 aliphatic heterocycles. The molecule has 0 bridgehead atoms. The number of hydrogen-bond acceptors (Lipinski definition) is 6. The van der Waals surface area contributed by atoms with E-state index in [1.54, 1.807) is 7.11 Å². The van der Waals surface area contributed by atoms with E-state index in [1.807, 2.05) is 13.1 Å². The Labute approximate surface area is 176 Å². The van der Waals surface area contributed by atoms with Gasteiger partial charge in [0, 0.05) is 25.7 Å². The molecule has 162 valence electrons. The smallest absolute Gasteiger partial charge is 0.399 e. The first-order chi connectivity index (χ1) is 14.0. The number of nitrogens with zero attached hydrogens (tertiary/aromatic N) is 2. The zero-order valence-electron chi connectivity index (χ0n) is 19.0. The number of hydrogen-bond donors (Lipinski definition) is 0. The maximum Gasteiger partial charge on any atom is 0.496 e. The van der Waals surface area contributed by atoms with Crippen LogP contribution in [-0.2, 0) is 18.8 Å². The maximum absolute atomic E-state index is 6.75. The summed E-state index contributed by atoms with van der Waals surface area (Å²) in [5.41, 5.74) is 2.39. The minimum absolute atomic E-state index is 0.133. The van der Waals surface area contributed by atoms with Gasteiger partial charge in [-0.1, -0.05) is 27.7 Å². The van der Waals surface area contributed by atoms with Gasteiger partial charge in [-0.3, -0.25) is 4.98 Å². The standard InChI is InChI=1S/C22H37BN2O4/c1-7-21(8-2)22(9-3,10-4)29-23(28-21)19-15-18(25-11-13-27-14-12-25)16-24-20(19)17(5)26-6/h15-17H,7-14H2,1-6H3/t17-/m0/s1. The van der Waals surface area contributed by atoms with E-state index in [4.69, 9.17) is 23.8 Å². The van der Waals surface area contributed by atoms with E-state index in [0.717, 1.165) is 68.8 Å². The van der Waals surface area contributed by atoms with Crippen LogP contribution in [-0.4, -0.2) is 56.7 Å².